The molecule has 0 radical (unpaired) electrons. The van der Waals surface area contributed by atoms with Crippen molar-refractivity contribution in [3.63, 3.8) is 0 Å². The Balaban J connectivity index is 2.16. The summed E-state index contributed by atoms with van der Waals surface area (Å²) in [6.07, 6.45) is 1.51. The van der Waals surface area contributed by atoms with Crippen LogP contribution in [-0.4, -0.2) is 10.9 Å². The predicted octanol–water partition coefficient (Wildman–Crippen LogP) is 2.29. The lowest BCUT2D eigenvalue weighted by atomic mass is 10.1. The highest BCUT2D eigenvalue weighted by Crippen LogP contribution is 2.17. The Hall–Kier alpha value is -2.43. The van der Waals surface area contributed by atoms with Gasteiger partial charge in [-0.15, -0.1) is 0 Å². The number of rotatable bonds is 3. The Kier molecular flexibility index (Phi) is 3.75. The van der Waals surface area contributed by atoms with Crippen molar-refractivity contribution in [3.05, 3.63) is 59.5 Å². The summed E-state index contributed by atoms with van der Waals surface area (Å²) < 4.78 is 13.6. The first-order chi connectivity index (χ1) is 9.09. The number of nitrogen functional groups attached to an aromatic ring is 1. The topological polar surface area (TPSA) is 68.0 Å². The van der Waals surface area contributed by atoms with Crippen LogP contribution in [0.5, 0.6) is 0 Å². The van der Waals surface area contributed by atoms with Crippen LogP contribution in [-0.2, 0) is 0 Å². The highest BCUT2D eigenvalue weighted by Gasteiger charge is 2.16. The van der Waals surface area contributed by atoms with Gasteiger partial charge in [-0.05, 0) is 25.1 Å². The van der Waals surface area contributed by atoms with Gasteiger partial charge in [-0.2, -0.15) is 0 Å². The third-order valence-electron chi connectivity index (χ3n) is 2.80. The van der Waals surface area contributed by atoms with Crippen LogP contribution >= 0.6 is 0 Å². The first kappa shape index (κ1) is 13.0. The van der Waals surface area contributed by atoms with E-state index in [9.17, 15) is 9.18 Å². The molecule has 0 aliphatic rings. The van der Waals surface area contributed by atoms with Crippen molar-refractivity contribution >= 4 is 11.7 Å². The molecule has 1 amide bonds. The van der Waals surface area contributed by atoms with Gasteiger partial charge in [0, 0.05) is 11.8 Å². The molecule has 0 fully saturated rings. The summed E-state index contributed by atoms with van der Waals surface area (Å²) in [7, 11) is 0. The summed E-state index contributed by atoms with van der Waals surface area (Å²) in [6.45, 7) is 1.71. The van der Waals surface area contributed by atoms with Crippen molar-refractivity contribution in [2.45, 2.75) is 13.0 Å². The van der Waals surface area contributed by atoms with Crippen molar-refractivity contribution < 1.29 is 9.18 Å². The van der Waals surface area contributed by atoms with E-state index >= 15 is 0 Å². The zero-order chi connectivity index (χ0) is 13.8. The van der Waals surface area contributed by atoms with Crippen molar-refractivity contribution in [1.29, 1.82) is 0 Å². The van der Waals surface area contributed by atoms with Gasteiger partial charge in [-0.25, -0.2) is 9.37 Å². The summed E-state index contributed by atoms with van der Waals surface area (Å²) >= 11 is 0. The fourth-order valence-corrected chi connectivity index (χ4v) is 1.79. The minimum absolute atomic E-state index is 0.153. The van der Waals surface area contributed by atoms with Crippen molar-refractivity contribution in [3.8, 4) is 0 Å². The van der Waals surface area contributed by atoms with Gasteiger partial charge >= 0.3 is 0 Å². The second-order valence-corrected chi connectivity index (χ2v) is 4.15. The van der Waals surface area contributed by atoms with Crippen LogP contribution in [0.25, 0.3) is 0 Å². The summed E-state index contributed by atoms with van der Waals surface area (Å²) in [5.74, 6) is -0.573. The molecule has 1 unspecified atom stereocenters. The molecule has 0 saturated carbocycles. The van der Waals surface area contributed by atoms with Crippen molar-refractivity contribution in [2.24, 2.45) is 0 Å². The highest BCUT2D eigenvalue weighted by atomic mass is 19.1. The Bertz CT molecular complexity index is 601. The van der Waals surface area contributed by atoms with E-state index in [0.717, 1.165) is 0 Å². The van der Waals surface area contributed by atoms with E-state index in [0.29, 0.717) is 5.56 Å². The lowest BCUT2D eigenvalue weighted by Crippen LogP contribution is -2.28. The number of pyridine rings is 1. The van der Waals surface area contributed by atoms with Gasteiger partial charge in [-0.3, -0.25) is 4.79 Å². The molecule has 2 aromatic rings. The number of aromatic nitrogens is 1. The number of amides is 1. The number of anilines is 1. The maximum Gasteiger partial charge on any atom is 0.255 e. The molecule has 5 heteroatoms. The largest absolute Gasteiger partial charge is 0.383 e. The molecule has 3 N–H and O–H groups in total. The molecule has 1 heterocycles. The number of halogens is 1. The van der Waals surface area contributed by atoms with E-state index in [2.05, 4.69) is 10.3 Å². The maximum absolute atomic E-state index is 13.6. The molecule has 0 spiro atoms. The van der Waals surface area contributed by atoms with Gasteiger partial charge in [-0.1, -0.05) is 18.2 Å². The molecule has 1 aromatic carbocycles. The second-order valence-electron chi connectivity index (χ2n) is 4.15. The maximum atomic E-state index is 13.6. The molecule has 19 heavy (non-hydrogen) atoms. The summed E-state index contributed by atoms with van der Waals surface area (Å²) in [5.41, 5.74) is 6.33. The Morgan fingerprint density at radius 1 is 1.32 bits per heavy atom. The van der Waals surface area contributed by atoms with Crippen LogP contribution in [0.4, 0.5) is 10.2 Å². The normalized spacial score (nSPS) is 11.9. The van der Waals surface area contributed by atoms with Crippen LogP contribution < -0.4 is 11.1 Å². The fourth-order valence-electron chi connectivity index (χ4n) is 1.79. The smallest absolute Gasteiger partial charge is 0.255 e. The van der Waals surface area contributed by atoms with E-state index < -0.39 is 6.04 Å². The minimum atomic E-state index is -0.451. The van der Waals surface area contributed by atoms with E-state index in [-0.39, 0.29) is 23.1 Å². The van der Waals surface area contributed by atoms with Crippen molar-refractivity contribution in [2.75, 3.05) is 5.73 Å². The molecule has 0 aliphatic carbocycles. The van der Waals surface area contributed by atoms with Crippen LogP contribution in [0.2, 0.25) is 0 Å². The van der Waals surface area contributed by atoms with Gasteiger partial charge in [0.1, 0.15) is 11.6 Å². The Morgan fingerprint density at radius 3 is 2.74 bits per heavy atom. The molecule has 98 valence electrons. The minimum Gasteiger partial charge on any atom is -0.383 e. The summed E-state index contributed by atoms with van der Waals surface area (Å²) in [6, 6.07) is 9.06. The number of carbonyl (C=O) groups excluding carboxylic acids is 1. The first-order valence-electron chi connectivity index (χ1n) is 5.85. The molecule has 0 aliphatic heterocycles. The van der Waals surface area contributed by atoms with Crippen molar-refractivity contribution in [1.82, 2.24) is 10.3 Å². The second kappa shape index (κ2) is 5.48. The monoisotopic (exact) mass is 259 g/mol. The average Bonchev–Trinajstić information content (AvgIpc) is 2.39. The number of carbonyl (C=O) groups is 1. The van der Waals surface area contributed by atoms with Crippen LogP contribution in [0, 0.1) is 5.82 Å². The highest BCUT2D eigenvalue weighted by molar-refractivity contribution is 5.98. The number of hydrogen-bond donors (Lipinski definition) is 2. The standard InChI is InChI=1S/C14H14FN3O/c1-9(10-5-2-3-7-12(10)15)18-14(19)11-6-4-8-17-13(11)16/h2-9H,1H3,(H2,16,17)(H,18,19). The molecular weight excluding hydrogens is 245 g/mol. The van der Waals surface area contributed by atoms with Gasteiger partial charge in [0.25, 0.3) is 5.91 Å². The molecule has 0 saturated heterocycles. The van der Waals surface area contributed by atoms with E-state index in [1.54, 1.807) is 37.3 Å². The molecule has 2 rings (SSSR count). The Labute approximate surface area is 110 Å². The molecule has 0 bridgehead atoms. The average molecular weight is 259 g/mol. The number of hydrogen-bond acceptors (Lipinski definition) is 3. The fraction of sp³-hybridized carbons (Fsp3) is 0.143. The summed E-state index contributed by atoms with van der Waals surface area (Å²) in [5, 5.41) is 2.70. The Morgan fingerprint density at radius 2 is 2.05 bits per heavy atom. The van der Waals surface area contributed by atoms with Crippen LogP contribution in [0.3, 0.4) is 0 Å². The lowest BCUT2D eigenvalue weighted by Gasteiger charge is -2.15. The van der Waals surface area contributed by atoms with Gasteiger partial charge < -0.3 is 11.1 Å². The van der Waals surface area contributed by atoms with Gasteiger partial charge in [0.15, 0.2) is 0 Å². The lowest BCUT2D eigenvalue weighted by molar-refractivity contribution is 0.0940. The van der Waals surface area contributed by atoms with E-state index in [1.807, 2.05) is 0 Å². The predicted molar refractivity (Wildman–Crippen MR) is 70.9 cm³/mol. The number of benzene rings is 1. The zero-order valence-corrected chi connectivity index (χ0v) is 10.4. The number of nitrogens with one attached hydrogen (secondary N) is 1. The number of nitrogens with zero attached hydrogens (tertiary/aromatic N) is 1. The summed E-state index contributed by atoms with van der Waals surface area (Å²) in [4.78, 5) is 15.8. The molecule has 1 atom stereocenters. The quantitative estimate of drug-likeness (QED) is 0.888. The first-order valence-corrected chi connectivity index (χ1v) is 5.85. The van der Waals surface area contributed by atoms with Gasteiger partial charge in [0.2, 0.25) is 0 Å². The molecule has 4 nitrogen and oxygen atoms in total. The van der Waals surface area contributed by atoms with Crippen LogP contribution in [0.1, 0.15) is 28.9 Å². The van der Waals surface area contributed by atoms with Crippen LogP contribution in [0.15, 0.2) is 42.6 Å². The van der Waals surface area contributed by atoms with Gasteiger partial charge in [0.05, 0.1) is 11.6 Å². The zero-order valence-electron chi connectivity index (χ0n) is 10.4. The van der Waals surface area contributed by atoms with E-state index in [1.165, 1.54) is 12.3 Å². The third kappa shape index (κ3) is 2.88. The molecule has 1 aromatic heterocycles. The SMILES string of the molecule is CC(NC(=O)c1cccnc1N)c1ccccc1F. The van der Waals surface area contributed by atoms with E-state index in [4.69, 9.17) is 5.73 Å². The number of nitrogens with two attached hydrogens (primary N) is 1. The molecular formula is C14H14FN3O. The third-order valence-corrected chi connectivity index (χ3v) is 2.80.